The van der Waals surface area contributed by atoms with Gasteiger partial charge in [-0.15, -0.1) is 0 Å². The minimum atomic E-state index is -3.15. The van der Waals surface area contributed by atoms with Crippen molar-refractivity contribution in [3.63, 3.8) is 0 Å². The van der Waals surface area contributed by atoms with E-state index in [4.69, 9.17) is 10.5 Å². The van der Waals surface area contributed by atoms with Crippen molar-refractivity contribution < 1.29 is 13.2 Å². The highest BCUT2D eigenvalue weighted by Gasteiger charge is 2.39. The summed E-state index contributed by atoms with van der Waals surface area (Å²) in [7, 11) is -3.15. The molecular weight excluding hydrogens is 288 g/mol. The minimum Gasteiger partial charge on any atom is -0.378 e. The maximum Gasteiger partial charge on any atom is 0.178 e. The molecule has 0 radical (unpaired) electrons. The molecule has 3 unspecified atom stereocenters. The maximum absolute atomic E-state index is 12.0. The van der Waals surface area contributed by atoms with Gasteiger partial charge in [0.2, 0.25) is 0 Å². The van der Waals surface area contributed by atoms with Crippen LogP contribution in [0.25, 0.3) is 0 Å². The lowest BCUT2D eigenvalue weighted by Gasteiger charge is -2.43. The van der Waals surface area contributed by atoms with Crippen LogP contribution in [0.2, 0.25) is 0 Å². The normalized spacial score (nSPS) is 25.4. The zero-order chi connectivity index (χ0) is 15.5. The van der Waals surface area contributed by atoms with Gasteiger partial charge in [0.05, 0.1) is 22.8 Å². The van der Waals surface area contributed by atoms with Gasteiger partial charge < -0.3 is 15.8 Å². The van der Waals surface area contributed by atoms with E-state index in [0.29, 0.717) is 17.9 Å². The van der Waals surface area contributed by atoms with Gasteiger partial charge in [-0.1, -0.05) is 6.92 Å². The van der Waals surface area contributed by atoms with Crippen molar-refractivity contribution in [2.24, 2.45) is 5.73 Å². The summed E-state index contributed by atoms with van der Waals surface area (Å²) >= 11 is 0. The summed E-state index contributed by atoms with van der Waals surface area (Å²) in [5.74, 6) is 0.180. The number of anilines is 1. The van der Waals surface area contributed by atoms with Gasteiger partial charge in [0.15, 0.2) is 9.84 Å². The van der Waals surface area contributed by atoms with Gasteiger partial charge in [0.1, 0.15) is 0 Å². The van der Waals surface area contributed by atoms with Gasteiger partial charge in [-0.05, 0) is 44.0 Å². The van der Waals surface area contributed by atoms with Gasteiger partial charge in [-0.25, -0.2) is 8.42 Å². The lowest BCUT2D eigenvalue weighted by Crippen LogP contribution is -2.60. The Kier molecular flexibility index (Phi) is 5.24. The molecule has 118 valence electrons. The summed E-state index contributed by atoms with van der Waals surface area (Å²) < 4.78 is 29.5. The molecule has 1 aromatic rings. The molecule has 0 saturated heterocycles. The zero-order valence-electron chi connectivity index (χ0n) is 12.6. The molecule has 0 bridgehead atoms. The Morgan fingerprint density at radius 2 is 1.95 bits per heavy atom. The number of sulfone groups is 1. The third kappa shape index (κ3) is 3.75. The molecule has 3 atom stereocenters. The number of ether oxygens (including phenoxy) is 1. The van der Waals surface area contributed by atoms with Crippen molar-refractivity contribution >= 4 is 15.5 Å². The minimum absolute atomic E-state index is 0.0741. The zero-order valence-corrected chi connectivity index (χ0v) is 13.4. The molecule has 0 aromatic heterocycles. The first kappa shape index (κ1) is 16.3. The molecule has 5 nitrogen and oxygen atoms in total. The third-order valence-electron chi connectivity index (χ3n) is 3.77. The van der Waals surface area contributed by atoms with Crippen molar-refractivity contribution in [2.75, 3.05) is 17.7 Å². The molecule has 0 amide bonds. The highest BCUT2D eigenvalue weighted by Crippen LogP contribution is 2.27. The second-order valence-corrected chi connectivity index (χ2v) is 7.52. The van der Waals surface area contributed by atoms with E-state index in [0.717, 1.165) is 12.1 Å². The molecule has 1 aliphatic rings. The first-order chi connectivity index (χ1) is 9.97. The van der Waals surface area contributed by atoms with Crippen LogP contribution in [-0.2, 0) is 14.6 Å². The Bertz CT molecular complexity index is 555. The van der Waals surface area contributed by atoms with Crippen LogP contribution in [0.4, 0.5) is 5.69 Å². The van der Waals surface area contributed by atoms with E-state index >= 15 is 0 Å². The fraction of sp³-hybridized carbons (Fsp3) is 0.600. The predicted molar refractivity (Wildman–Crippen MR) is 84.2 cm³/mol. The van der Waals surface area contributed by atoms with E-state index in [1.165, 1.54) is 0 Å². The van der Waals surface area contributed by atoms with Crippen LogP contribution >= 0.6 is 0 Å². The SMILES string of the molecule is CCCS(=O)(=O)c1ccc(NC2C(N)CC2OCC)cc1. The Morgan fingerprint density at radius 1 is 1.29 bits per heavy atom. The number of nitrogens with two attached hydrogens (primary N) is 1. The van der Waals surface area contributed by atoms with Crippen molar-refractivity contribution in [2.45, 2.75) is 49.8 Å². The highest BCUT2D eigenvalue weighted by molar-refractivity contribution is 7.91. The van der Waals surface area contributed by atoms with Gasteiger partial charge >= 0.3 is 0 Å². The molecule has 1 saturated carbocycles. The summed E-state index contributed by atoms with van der Waals surface area (Å²) in [5.41, 5.74) is 6.86. The quantitative estimate of drug-likeness (QED) is 0.802. The number of nitrogens with one attached hydrogen (secondary N) is 1. The Morgan fingerprint density at radius 3 is 2.48 bits per heavy atom. The van der Waals surface area contributed by atoms with Crippen LogP contribution in [0.3, 0.4) is 0 Å². The Hall–Kier alpha value is -1.11. The third-order valence-corrected chi connectivity index (χ3v) is 5.70. The summed E-state index contributed by atoms with van der Waals surface area (Å²) in [5, 5.41) is 3.33. The molecular formula is C15H24N2O3S. The van der Waals surface area contributed by atoms with Gasteiger partial charge in [0, 0.05) is 18.3 Å². The molecule has 1 aliphatic carbocycles. The van der Waals surface area contributed by atoms with E-state index in [1.54, 1.807) is 24.3 Å². The topological polar surface area (TPSA) is 81.4 Å². The fourth-order valence-electron chi connectivity index (χ4n) is 2.56. The second-order valence-electron chi connectivity index (χ2n) is 5.41. The molecule has 0 heterocycles. The van der Waals surface area contributed by atoms with Gasteiger partial charge in [-0.2, -0.15) is 0 Å². The molecule has 2 rings (SSSR count). The Labute approximate surface area is 126 Å². The number of rotatable bonds is 7. The summed E-state index contributed by atoms with van der Waals surface area (Å²) in [6, 6.07) is 7.03. The smallest absolute Gasteiger partial charge is 0.178 e. The van der Waals surface area contributed by atoms with Crippen LogP contribution in [0.15, 0.2) is 29.2 Å². The van der Waals surface area contributed by atoms with Gasteiger partial charge in [0.25, 0.3) is 0 Å². The van der Waals surface area contributed by atoms with Crippen molar-refractivity contribution in [3.8, 4) is 0 Å². The van der Waals surface area contributed by atoms with Crippen molar-refractivity contribution in [1.29, 1.82) is 0 Å². The summed E-state index contributed by atoms with van der Waals surface area (Å²) in [6.07, 6.45) is 1.61. The average molecular weight is 312 g/mol. The first-order valence-electron chi connectivity index (χ1n) is 7.44. The molecule has 1 fully saturated rings. The summed E-state index contributed by atoms with van der Waals surface area (Å²) in [6.45, 7) is 4.50. The number of hydrogen-bond donors (Lipinski definition) is 2. The van der Waals surface area contributed by atoms with Crippen LogP contribution in [0, 0.1) is 0 Å². The van der Waals surface area contributed by atoms with Crippen LogP contribution in [0.1, 0.15) is 26.7 Å². The highest BCUT2D eigenvalue weighted by atomic mass is 32.2. The van der Waals surface area contributed by atoms with E-state index in [2.05, 4.69) is 5.32 Å². The molecule has 0 aliphatic heterocycles. The fourth-order valence-corrected chi connectivity index (χ4v) is 3.89. The molecule has 1 aromatic carbocycles. The van der Waals surface area contributed by atoms with E-state index in [1.807, 2.05) is 13.8 Å². The number of benzene rings is 1. The molecule has 3 N–H and O–H groups in total. The van der Waals surface area contributed by atoms with Gasteiger partial charge in [-0.3, -0.25) is 0 Å². The van der Waals surface area contributed by atoms with Crippen molar-refractivity contribution in [1.82, 2.24) is 0 Å². The van der Waals surface area contributed by atoms with E-state index in [9.17, 15) is 8.42 Å². The molecule has 6 heteroatoms. The standard InChI is InChI=1S/C15H24N2O3S/c1-3-9-21(18,19)12-7-5-11(6-8-12)17-15-13(16)10-14(15)20-4-2/h5-8,13-15,17H,3-4,9-10,16H2,1-2H3. The second kappa shape index (κ2) is 6.77. The average Bonchev–Trinajstić information content (AvgIpc) is 2.45. The lowest BCUT2D eigenvalue weighted by molar-refractivity contribution is -0.0126. The van der Waals surface area contributed by atoms with Crippen LogP contribution in [-0.4, -0.2) is 39.0 Å². The molecule has 21 heavy (non-hydrogen) atoms. The van der Waals surface area contributed by atoms with E-state index in [-0.39, 0.29) is 23.9 Å². The van der Waals surface area contributed by atoms with Crippen molar-refractivity contribution in [3.05, 3.63) is 24.3 Å². The largest absolute Gasteiger partial charge is 0.378 e. The van der Waals surface area contributed by atoms with Crippen LogP contribution in [0.5, 0.6) is 0 Å². The monoisotopic (exact) mass is 312 g/mol. The van der Waals surface area contributed by atoms with E-state index < -0.39 is 9.84 Å². The Balaban J connectivity index is 2.03. The lowest BCUT2D eigenvalue weighted by atomic mass is 9.83. The summed E-state index contributed by atoms with van der Waals surface area (Å²) in [4.78, 5) is 0.370. The maximum atomic E-state index is 12.0. The molecule has 0 spiro atoms. The van der Waals surface area contributed by atoms with Crippen LogP contribution < -0.4 is 11.1 Å². The first-order valence-corrected chi connectivity index (χ1v) is 9.09. The predicted octanol–water partition coefficient (Wildman–Crippen LogP) is 1.79. The number of hydrogen-bond acceptors (Lipinski definition) is 5.